The summed E-state index contributed by atoms with van der Waals surface area (Å²) in [4.78, 5) is 2.07. The molecule has 1 aromatic rings. The van der Waals surface area contributed by atoms with Crippen molar-refractivity contribution in [3.05, 3.63) is 29.6 Å². The van der Waals surface area contributed by atoms with Crippen LogP contribution in [0.2, 0.25) is 0 Å². The van der Waals surface area contributed by atoms with Gasteiger partial charge in [-0.25, -0.2) is 4.39 Å². The van der Waals surface area contributed by atoms with Gasteiger partial charge in [0.15, 0.2) is 0 Å². The Labute approximate surface area is 113 Å². The number of aliphatic hydroxyl groups is 1. The highest BCUT2D eigenvalue weighted by Gasteiger charge is 2.20. The fourth-order valence-electron chi connectivity index (χ4n) is 2.14. The molecule has 1 N–H and O–H groups in total. The van der Waals surface area contributed by atoms with E-state index in [1.807, 2.05) is 13.1 Å². The summed E-state index contributed by atoms with van der Waals surface area (Å²) in [6, 6.07) is 5.31. The lowest BCUT2D eigenvalue weighted by Gasteiger charge is -2.31. The van der Waals surface area contributed by atoms with Crippen LogP contribution in [0.15, 0.2) is 18.2 Å². The summed E-state index contributed by atoms with van der Waals surface area (Å²) in [7, 11) is 1.96. The van der Waals surface area contributed by atoms with E-state index < -0.39 is 6.10 Å². The quantitative estimate of drug-likeness (QED) is 0.857. The first kappa shape index (κ1) is 15.3. The SMILES string of the molecule is CCC(CSC)N(C)c1cccc(F)c1[C@H](C)O. The summed E-state index contributed by atoms with van der Waals surface area (Å²) in [5.74, 6) is 0.649. The maximum absolute atomic E-state index is 13.8. The van der Waals surface area contributed by atoms with Crippen LogP contribution in [0.1, 0.15) is 31.9 Å². The number of hydrogen-bond donors (Lipinski definition) is 1. The molecule has 0 aliphatic heterocycles. The van der Waals surface area contributed by atoms with E-state index in [9.17, 15) is 9.50 Å². The molecule has 0 amide bonds. The molecule has 4 heteroatoms. The van der Waals surface area contributed by atoms with Gasteiger partial charge in [0.2, 0.25) is 0 Å². The van der Waals surface area contributed by atoms with Gasteiger partial charge >= 0.3 is 0 Å². The fourth-order valence-corrected chi connectivity index (χ4v) is 2.98. The molecule has 2 atom stereocenters. The number of benzene rings is 1. The number of nitrogens with zero attached hydrogens (tertiary/aromatic N) is 1. The zero-order valence-electron chi connectivity index (χ0n) is 11.5. The Morgan fingerprint density at radius 3 is 2.61 bits per heavy atom. The number of halogens is 1. The molecule has 0 saturated heterocycles. The molecule has 1 rings (SSSR count). The molecule has 0 radical (unpaired) electrons. The largest absolute Gasteiger partial charge is 0.389 e. The molecule has 102 valence electrons. The van der Waals surface area contributed by atoms with E-state index in [4.69, 9.17) is 0 Å². The summed E-state index contributed by atoms with van der Waals surface area (Å²) in [5, 5.41) is 9.75. The van der Waals surface area contributed by atoms with Crippen LogP contribution in [0.25, 0.3) is 0 Å². The van der Waals surface area contributed by atoms with Crippen LogP contribution in [-0.2, 0) is 0 Å². The monoisotopic (exact) mass is 271 g/mol. The molecule has 1 aromatic carbocycles. The summed E-state index contributed by atoms with van der Waals surface area (Å²) < 4.78 is 13.8. The minimum atomic E-state index is -0.796. The van der Waals surface area contributed by atoms with Gasteiger partial charge in [0.25, 0.3) is 0 Å². The molecule has 0 saturated carbocycles. The predicted molar refractivity (Wildman–Crippen MR) is 77.9 cm³/mol. The van der Waals surface area contributed by atoms with Crippen LogP contribution in [0.5, 0.6) is 0 Å². The van der Waals surface area contributed by atoms with Crippen LogP contribution >= 0.6 is 11.8 Å². The Hall–Kier alpha value is -0.740. The smallest absolute Gasteiger partial charge is 0.131 e. The number of thioether (sulfide) groups is 1. The predicted octanol–water partition coefficient (Wildman–Crippen LogP) is 3.46. The Bertz CT molecular complexity index is 384. The van der Waals surface area contributed by atoms with Crippen molar-refractivity contribution in [2.75, 3.05) is 24.0 Å². The van der Waals surface area contributed by atoms with E-state index in [0.717, 1.165) is 17.9 Å². The first-order valence-electron chi connectivity index (χ1n) is 6.21. The van der Waals surface area contributed by atoms with Gasteiger partial charge in [0.1, 0.15) is 5.82 Å². The number of hydrogen-bond acceptors (Lipinski definition) is 3. The van der Waals surface area contributed by atoms with Gasteiger partial charge in [-0.3, -0.25) is 0 Å². The Morgan fingerprint density at radius 2 is 2.11 bits per heavy atom. The number of aliphatic hydroxyl groups excluding tert-OH is 1. The molecule has 0 heterocycles. The van der Waals surface area contributed by atoms with Crippen LogP contribution in [0.3, 0.4) is 0 Å². The molecule has 0 aliphatic rings. The molecule has 18 heavy (non-hydrogen) atoms. The van der Waals surface area contributed by atoms with Gasteiger partial charge in [-0.1, -0.05) is 13.0 Å². The summed E-state index contributed by atoms with van der Waals surface area (Å²) >= 11 is 1.78. The lowest BCUT2D eigenvalue weighted by molar-refractivity contribution is 0.194. The Morgan fingerprint density at radius 1 is 1.44 bits per heavy atom. The van der Waals surface area contributed by atoms with E-state index >= 15 is 0 Å². The molecular formula is C14H22FNOS. The lowest BCUT2D eigenvalue weighted by Crippen LogP contribution is -2.34. The standard InChI is InChI=1S/C14H22FNOS/c1-5-11(9-18-4)16(3)13-8-6-7-12(15)14(13)10(2)17/h6-8,10-11,17H,5,9H2,1-4H3/t10-,11?/m0/s1. The summed E-state index contributed by atoms with van der Waals surface area (Å²) in [6.45, 7) is 3.73. The van der Waals surface area contributed by atoms with E-state index in [1.54, 1.807) is 24.8 Å². The Kier molecular flexibility index (Phi) is 5.96. The molecule has 0 spiro atoms. The van der Waals surface area contributed by atoms with Crippen molar-refractivity contribution in [1.29, 1.82) is 0 Å². The van der Waals surface area contributed by atoms with Crippen molar-refractivity contribution in [2.24, 2.45) is 0 Å². The average molecular weight is 271 g/mol. The lowest BCUT2D eigenvalue weighted by atomic mass is 10.1. The molecular weight excluding hydrogens is 249 g/mol. The first-order valence-corrected chi connectivity index (χ1v) is 7.60. The third-order valence-corrected chi connectivity index (χ3v) is 3.92. The van der Waals surface area contributed by atoms with Gasteiger partial charge in [-0.05, 0) is 31.7 Å². The highest BCUT2D eigenvalue weighted by atomic mass is 32.2. The zero-order valence-corrected chi connectivity index (χ0v) is 12.3. The second kappa shape index (κ2) is 7.00. The highest BCUT2D eigenvalue weighted by molar-refractivity contribution is 7.98. The molecule has 0 aromatic heterocycles. The van der Waals surface area contributed by atoms with Crippen molar-refractivity contribution in [3.8, 4) is 0 Å². The van der Waals surface area contributed by atoms with E-state index in [1.165, 1.54) is 6.07 Å². The van der Waals surface area contributed by atoms with Crippen LogP contribution in [0, 0.1) is 5.82 Å². The van der Waals surface area contributed by atoms with E-state index in [2.05, 4.69) is 18.1 Å². The van der Waals surface area contributed by atoms with Gasteiger partial charge in [0.05, 0.1) is 6.10 Å². The molecule has 1 unspecified atom stereocenters. The summed E-state index contributed by atoms with van der Waals surface area (Å²) in [6.07, 6.45) is 2.26. The van der Waals surface area contributed by atoms with E-state index in [0.29, 0.717) is 11.6 Å². The molecule has 0 fully saturated rings. The van der Waals surface area contributed by atoms with Gasteiger partial charge in [-0.15, -0.1) is 0 Å². The Balaban J connectivity index is 3.11. The van der Waals surface area contributed by atoms with Crippen molar-refractivity contribution in [2.45, 2.75) is 32.4 Å². The van der Waals surface area contributed by atoms with Crippen LogP contribution < -0.4 is 4.90 Å². The molecule has 2 nitrogen and oxygen atoms in total. The van der Waals surface area contributed by atoms with Crippen LogP contribution in [0.4, 0.5) is 10.1 Å². The van der Waals surface area contributed by atoms with Gasteiger partial charge in [0, 0.05) is 30.1 Å². The topological polar surface area (TPSA) is 23.5 Å². The average Bonchev–Trinajstić information content (AvgIpc) is 2.34. The van der Waals surface area contributed by atoms with E-state index in [-0.39, 0.29) is 5.82 Å². The first-order chi connectivity index (χ1) is 8.52. The van der Waals surface area contributed by atoms with Crippen LogP contribution in [-0.4, -0.2) is 30.2 Å². The van der Waals surface area contributed by atoms with Crippen molar-refractivity contribution in [1.82, 2.24) is 0 Å². The minimum absolute atomic E-state index is 0.339. The van der Waals surface area contributed by atoms with Gasteiger partial charge < -0.3 is 10.0 Å². The van der Waals surface area contributed by atoms with Crippen molar-refractivity contribution >= 4 is 17.4 Å². The molecule has 0 bridgehead atoms. The number of anilines is 1. The minimum Gasteiger partial charge on any atom is -0.389 e. The molecule has 0 aliphatic carbocycles. The highest BCUT2D eigenvalue weighted by Crippen LogP contribution is 2.30. The maximum Gasteiger partial charge on any atom is 0.131 e. The maximum atomic E-state index is 13.8. The normalized spacial score (nSPS) is 14.3. The fraction of sp³-hybridized carbons (Fsp3) is 0.571. The zero-order chi connectivity index (χ0) is 13.7. The third kappa shape index (κ3) is 3.39. The number of rotatable bonds is 6. The second-order valence-corrected chi connectivity index (χ2v) is 5.39. The van der Waals surface area contributed by atoms with Crippen molar-refractivity contribution < 1.29 is 9.50 Å². The van der Waals surface area contributed by atoms with Crippen molar-refractivity contribution in [3.63, 3.8) is 0 Å². The van der Waals surface area contributed by atoms with Gasteiger partial charge in [-0.2, -0.15) is 11.8 Å². The second-order valence-electron chi connectivity index (χ2n) is 4.48. The third-order valence-electron chi connectivity index (χ3n) is 3.21. The summed E-state index contributed by atoms with van der Waals surface area (Å²) in [5.41, 5.74) is 1.17.